The predicted octanol–water partition coefficient (Wildman–Crippen LogP) is 18.6. The van der Waals surface area contributed by atoms with Gasteiger partial charge in [-0.25, -0.2) is 0 Å². The molecule has 0 saturated carbocycles. The average molecular weight is 905 g/mol. The summed E-state index contributed by atoms with van der Waals surface area (Å²) in [6.07, 6.45) is 0. The van der Waals surface area contributed by atoms with Crippen molar-refractivity contribution >= 4 is 55.7 Å². The molecule has 0 amide bonds. The molecule has 12 aromatic rings. The van der Waals surface area contributed by atoms with Gasteiger partial charge in [0.1, 0.15) is 0 Å². The fourth-order valence-corrected chi connectivity index (χ4v) is 11.4. The molecule has 0 saturated heterocycles. The van der Waals surface area contributed by atoms with Gasteiger partial charge < -0.3 is 9.80 Å². The van der Waals surface area contributed by atoms with Crippen LogP contribution >= 0.6 is 0 Å². The van der Waals surface area contributed by atoms with Gasteiger partial charge in [-0.05, 0) is 127 Å². The molecule has 0 heterocycles. The van der Waals surface area contributed by atoms with Gasteiger partial charge in [-0.15, -0.1) is 0 Å². The van der Waals surface area contributed by atoms with Crippen molar-refractivity contribution in [1.82, 2.24) is 0 Å². The molecule has 2 heteroatoms. The van der Waals surface area contributed by atoms with Gasteiger partial charge >= 0.3 is 0 Å². The minimum atomic E-state index is -0.501. The van der Waals surface area contributed by atoms with E-state index >= 15 is 0 Å². The van der Waals surface area contributed by atoms with E-state index in [1.807, 2.05) is 0 Å². The minimum absolute atomic E-state index is 0.501. The highest BCUT2D eigenvalue weighted by molar-refractivity contribution is 6.09. The van der Waals surface area contributed by atoms with Crippen molar-refractivity contribution < 1.29 is 0 Å². The molecule has 13 rings (SSSR count). The molecule has 0 unspecified atom stereocenters. The lowest BCUT2D eigenvalue weighted by Gasteiger charge is -2.35. The maximum atomic E-state index is 2.44. The largest absolute Gasteiger partial charge is 0.310 e. The van der Waals surface area contributed by atoms with Crippen LogP contribution in [0.25, 0.3) is 54.9 Å². The molecule has 71 heavy (non-hydrogen) atoms. The zero-order chi connectivity index (χ0) is 47.1. The van der Waals surface area contributed by atoms with Crippen LogP contribution in [0, 0.1) is 0 Å². The van der Waals surface area contributed by atoms with Crippen molar-refractivity contribution in [2.75, 3.05) is 9.80 Å². The van der Waals surface area contributed by atoms with E-state index in [0.29, 0.717) is 0 Å². The third-order valence-corrected chi connectivity index (χ3v) is 14.5. The van der Waals surface area contributed by atoms with E-state index < -0.39 is 5.41 Å². The third-order valence-electron chi connectivity index (χ3n) is 14.5. The summed E-state index contributed by atoms with van der Waals surface area (Å²) >= 11 is 0. The van der Waals surface area contributed by atoms with E-state index in [1.165, 1.54) is 71.6 Å². The normalized spacial score (nSPS) is 12.3. The molecule has 1 aliphatic rings. The molecule has 12 aromatic carbocycles. The molecular formula is C69H48N2. The Morgan fingerprint density at radius 1 is 0.239 bits per heavy atom. The lowest BCUT2D eigenvalue weighted by atomic mass is 9.67. The van der Waals surface area contributed by atoms with Gasteiger partial charge in [0.05, 0.1) is 16.8 Å². The first-order chi connectivity index (χ1) is 35.2. The Morgan fingerprint density at radius 3 is 1.41 bits per heavy atom. The Morgan fingerprint density at radius 2 is 0.704 bits per heavy atom. The molecule has 2 nitrogen and oxygen atoms in total. The maximum Gasteiger partial charge on any atom is 0.0714 e. The van der Waals surface area contributed by atoms with Crippen LogP contribution in [0.15, 0.2) is 291 Å². The molecule has 0 aromatic heterocycles. The summed E-state index contributed by atoms with van der Waals surface area (Å²) in [6.45, 7) is 0. The van der Waals surface area contributed by atoms with Gasteiger partial charge in [-0.3, -0.25) is 0 Å². The second-order valence-electron chi connectivity index (χ2n) is 18.4. The van der Waals surface area contributed by atoms with Gasteiger partial charge in [0, 0.05) is 33.5 Å². The van der Waals surface area contributed by atoms with Crippen LogP contribution in [0.3, 0.4) is 0 Å². The Hall–Kier alpha value is -9.24. The van der Waals surface area contributed by atoms with E-state index in [0.717, 1.165) is 39.7 Å². The van der Waals surface area contributed by atoms with E-state index in [2.05, 4.69) is 301 Å². The number of nitrogens with zero attached hydrogens (tertiary/aromatic N) is 2. The Kier molecular flexibility index (Phi) is 10.4. The Bertz CT molecular complexity index is 3800. The van der Waals surface area contributed by atoms with Gasteiger partial charge in [-0.2, -0.15) is 0 Å². The summed E-state index contributed by atoms with van der Waals surface area (Å²) in [5.74, 6) is 0. The van der Waals surface area contributed by atoms with Crippen molar-refractivity contribution in [2.45, 2.75) is 5.41 Å². The summed E-state index contributed by atoms with van der Waals surface area (Å²) in [5.41, 5.74) is 18.5. The molecule has 1 aliphatic carbocycles. The first kappa shape index (κ1) is 41.9. The average Bonchev–Trinajstić information content (AvgIpc) is 3.75. The van der Waals surface area contributed by atoms with E-state index in [-0.39, 0.29) is 0 Å². The molecule has 0 radical (unpaired) electrons. The van der Waals surface area contributed by atoms with Crippen LogP contribution in [-0.4, -0.2) is 0 Å². The molecule has 0 atom stereocenters. The van der Waals surface area contributed by atoms with Gasteiger partial charge in [0.15, 0.2) is 0 Å². The third kappa shape index (κ3) is 7.11. The number of hydrogen-bond donors (Lipinski definition) is 0. The number of anilines is 6. The highest BCUT2D eigenvalue weighted by Gasteiger charge is 2.46. The second kappa shape index (κ2) is 17.7. The topological polar surface area (TPSA) is 6.48 Å². The first-order valence-corrected chi connectivity index (χ1v) is 24.5. The maximum absolute atomic E-state index is 2.44. The second-order valence-corrected chi connectivity index (χ2v) is 18.4. The van der Waals surface area contributed by atoms with Crippen molar-refractivity contribution in [1.29, 1.82) is 0 Å². The van der Waals surface area contributed by atoms with Crippen molar-refractivity contribution in [3.05, 3.63) is 313 Å². The molecule has 0 fully saturated rings. The fraction of sp³-hybridized carbons (Fsp3) is 0.0145. The highest BCUT2D eigenvalue weighted by Crippen LogP contribution is 2.57. The number of para-hydroxylation sites is 1. The van der Waals surface area contributed by atoms with Crippen LogP contribution < -0.4 is 9.80 Å². The Balaban J connectivity index is 0.930. The van der Waals surface area contributed by atoms with Crippen molar-refractivity contribution in [2.24, 2.45) is 0 Å². The standard InChI is InChI=1S/C69H48N2/c1-5-20-49(21-6-1)50-36-40-57(41-37-50)71(67-35-19-23-51-22-13-14-30-60(51)67)68-47-46-59(61-31-15-16-33-64(61)68)52-38-42-56(43-39-52)70(55-28-11-4-12-29-55)58-44-45-63-62-32-17-18-34-65(62)69(66(63)48-58,53-24-7-2-8-25-53)54-26-9-3-10-27-54/h1-48H. The van der Waals surface area contributed by atoms with Crippen LogP contribution in [0.1, 0.15) is 22.3 Å². The quantitative estimate of drug-likeness (QED) is 0.135. The van der Waals surface area contributed by atoms with E-state index in [4.69, 9.17) is 0 Å². The summed E-state index contributed by atoms with van der Waals surface area (Å²) in [7, 11) is 0. The van der Waals surface area contributed by atoms with E-state index in [9.17, 15) is 0 Å². The fourth-order valence-electron chi connectivity index (χ4n) is 11.4. The summed E-state index contributed by atoms with van der Waals surface area (Å²) in [4.78, 5) is 4.84. The molecule has 0 aliphatic heterocycles. The summed E-state index contributed by atoms with van der Waals surface area (Å²) in [5, 5.41) is 4.78. The number of rotatable bonds is 10. The number of hydrogen-bond acceptors (Lipinski definition) is 2. The molecule has 0 spiro atoms. The molecule has 334 valence electrons. The lowest BCUT2D eigenvalue weighted by molar-refractivity contribution is 0.768. The van der Waals surface area contributed by atoms with E-state index in [1.54, 1.807) is 0 Å². The lowest BCUT2D eigenvalue weighted by Crippen LogP contribution is -2.28. The van der Waals surface area contributed by atoms with Crippen LogP contribution in [0.4, 0.5) is 34.1 Å². The predicted molar refractivity (Wildman–Crippen MR) is 299 cm³/mol. The SMILES string of the molecule is c1ccc(-c2ccc(N(c3cccc4ccccc34)c3ccc(-c4ccc(N(c5ccccc5)c5ccc6c(c5)C(c5ccccc5)(c5ccccc5)c5ccccc5-6)cc4)c4ccccc34)cc2)cc1. The zero-order valence-electron chi connectivity index (χ0n) is 39.1. The monoisotopic (exact) mass is 904 g/mol. The van der Waals surface area contributed by atoms with Gasteiger partial charge in [0.2, 0.25) is 0 Å². The smallest absolute Gasteiger partial charge is 0.0714 e. The van der Waals surface area contributed by atoms with Crippen LogP contribution in [0.5, 0.6) is 0 Å². The van der Waals surface area contributed by atoms with Gasteiger partial charge in [-0.1, -0.05) is 231 Å². The van der Waals surface area contributed by atoms with Gasteiger partial charge in [0.25, 0.3) is 0 Å². The first-order valence-electron chi connectivity index (χ1n) is 24.5. The zero-order valence-corrected chi connectivity index (χ0v) is 39.1. The highest BCUT2D eigenvalue weighted by atomic mass is 15.1. The summed E-state index contributed by atoms with van der Waals surface area (Å²) < 4.78 is 0. The number of fused-ring (bicyclic) bond motifs is 5. The molecule has 0 N–H and O–H groups in total. The van der Waals surface area contributed by atoms with Crippen molar-refractivity contribution in [3.63, 3.8) is 0 Å². The summed E-state index contributed by atoms with van der Waals surface area (Å²) in [6, 6.07) is 106. The van der Waals surface area contributed by atoms with Crippen molar-refractivity contribution in [3.8, 4) is 33.4 Å². The molecule has 0 bridgehead atoms. The van der Waals surface area contributed by atoms with Crippen LogP contribution in [-0.2, 0) is 5.41 Å². The Labute approximate surface area is 415 Å². The molecular weight excluding hydrogens is 857 g/mol. The van der Waals surface area contributed by atoms with Crippen LogP contribution in [0.2, 0.25) is 0 Å². The number of benzene rings is 12. The minimum Gasteiger partial charge on any atom is -0.310 e.